The lowest BCUT2D eigenvalue weighted by Crippen LogP contribution is -2.50. The third-order valence-corrected chi connectivity index (χ3v) is 8.89. The van der Waals surface area contributed by atoms with Crippen LogP contribution < -0.4 is 9.80 Å². The topological polar surface area (TPSA) is 28.6 Å². The van der Waals surface area contributed by atoms with Crippen LogP contribution in [0.15, 0.2) is 42.5 Å². The van der Waals surface area contributed by atoms with Crippen molar-refractivity contribution in [2.75, 3.05) is 36.5 Å². The van der Waals surface area contributed by atoms with Crippen molar-refractivity contribution < 1.29 is 4.74 Å². The van der Waals surface area contributed by atoms with E-state index in [1.165, 1.54) is 50.4 Å². The van der Waals surface area contributed by atoms with E-state index in [9.17, 15) is 0 Å². The molecular formula is C34H45N3O. The lowest BCUT2D eigenvalue weighted by Gasteiger charge is -2.46. The van der Waals surface area contributed by atoms with E-state index in [0.29, 0.717) is 5.92 Å². The summed E-state index contributed by atoms with van der Waals surface area (Å²) in [6, 6.07) is 15.9. The van der Waals surface area contributed by atoms with E-state index in [4.69, 9.17) is 9.72 Å². The third kappa shape index (κ3) is 4.96. The second-order valence-electron chi connectivity index (χ2n) is 12.5. The Morgan fingerprint density at radius 3 is 2.32 bits per heavy atom. The zero-order chi connectivity index (χ0) is 27.2. The maximum atomic E-state index is 5.90. The highest BCUT2D eigenvalue weighted by atomic mass is 16.5. The Labute approximate surface area is 230 Å². The molecule has 38 heavy (non-hydrogen) atoms. The van der Waals surface area contributed by atoms with E-state index in [-0.39, 0.29) is 11.5 Å². The summed E-state index contributed by atoms with van der Waals surface area (Å²) in [6.45, 7) is 19.8. The van der Waals surface area contributed by atoms with Gasteiger partial charge < -0.3 is 14.5 Å². The summed E-state index contributed by atoms with van der Waals surface area (Å²) in [5.74, 6) is 0.521. The smallest absolute Gasteiger partial charge is 0.0731 e. The van der Waals surface area contributed by atoms with E-state index in [1.54, 1.807) is 0 Å². The lowest BCUT2D eigenvalue weighted by molar-refractivity contribution is -0.00632. The number of aromatic nitrogens is 1. The summed E-state index contributed by atoms with van der Waals surface area (Å²) >= 11 is 0. The molecule has 0 aliphatic carbocycles. The van der Waals surface area contributed by atoms with Crippen molar-refractivity contribution in [3.63, 3.8) is 0 Å². The van der Waals surface area contributed by atoms with Crippen molar-refractivity contribution >= 4 is 11.4 Å². The summed E-state index contributed by atoms with van der Waals surface area (Å²) in [7, 11) is 1.86. The number of methoxy groups -OCH3 is 1. The minimum Gasteiger partial charge on any atom is -0.381 e. The van der Waals surface area contributed by atoms with Gasteiger partial charge in [-0.2, -0.15) is 0 Å². The van der Waals surface area contributed by atoms with Gasteiger partial charge in [-0.15, -0.1) is 0 Å². The van der Waals surface area contributed by atoms with Crippen LogP contribution in [-0.4, -0.2) is 37.8 Å². The van der Waals surface area contributed by atoms with Crippen LogP contribution in [0.3, 0.4) is 0 Å². The molecule has 1 aromatic heterocycles. The Hall–Kier alpha value is -2.85. The van der Waals surface area contributed by atoms with Crippen LogP contribution >= 0.6 is 0 Å². The Morgan fingerprint density at radius 2 is 1.66 bits per heavy atom. The minimum absolute atomic E-state index is 0.0818. The second-order valence-corrected chi connectivity index (χ2v) is 12.5. The fourth-order valence-corrected chi connectivity index (χ4v) is 6.64. The predicted octanol–water partition coefficient (Wildman–Crippen LogP) is 7.61. The monoisotopic (exact) mass is 511 g/mol. The Kier molecular flexibility index (Phi) is 7.30. The SMILES string of the molecule is COC1CCN(c2cc(-c3c(C)cccc3C)nc3c2CN(c2cc(C(C)C)ccc2C)CC3)CC1(C)C. The standard InChI is InChI=1S/C34H45N3O/c1-22(2)26-13-12-23(3)30(18-26)36-16-14-28-27(20-36)31(37-17-15-32(38-8)34(6,7)21-37)19-29(35-28)33-24(4)10-9-11-25(33)5/h9-13,18-19,22,32H,14-17,20-21H2,1-8H3. The van der Waals surface area contributed by atoms with Crippen LogP contribution in [0, 0.1) is 26.2 Å². The normalized spacial score (nSPS) is 19.1. The van der Waals surface area contributed by atoms with Crippen molar-refractivity contribution in [1.82, 2.24) is 4.98 Å². The summed E-state index contributed by atoms with van der Waals surface area (Å²) < 4.78 is 5.90. The highest BCUT2D eigenvalue weighted by Crippen LogP contribution is 2.40. The van der Waals surface area contributed by atoms with Crippen LogP contribution in [0.25, 0.3) is 11.3 Å². The first-order valence-corrected chi connectivity index (χ1v) is 14.3. The number of hydrogen-bond acceptors (Lipinski definition) is 4. The molecule has 202 valence electrons. The van der Waals surface area contributed by atoms with E-state index in [1.807, 2.05) is 7.11 Å². The number of hydrogen-bond donors (Lipinski definition) is 0. The lowest BCUT2D eigenvalue weighted by atomic mass is 9.80. The van der Waals surface area contributed by atoms with Gasteiger partial charge in [-0.05, 0) is 67.5 Å². The molecular weight excluding hydrogens is 466 g/mol. The molecule has 1 fully saturated rings. The molecule has 2 aromatic carbocycles. The maximum Gasteiger partial charge on any atom is 0.0731 e. The highest BCUT2D eigenvalue weighted by molar-refractivity contribution is 5.74. The number of ether oxygens (including phenoxy) is 1. The fourth-order valence-electron chi connectivity index (χ4n) is 6.64. The largest absolute Gasteiger partial charge is 0.381 e. The van der Waals surface area contributed by atoms with Crippen LogP contribution in [0.5, 0.6) is 0 Å². The molecule has 0 amide bonds. The van der Waals surface area contributed by atoms with Gasteiger partial charge in [0, 0.05) is 73.3 Å². The van der Waals surface area contributed by atoms with Gasteiger partial charge in [0.15, 0.2) is 0 Å². The molecule has 1 unspecified atom stereocenters. The van der Waals surface area contributed by atoms with Crippen LogP contribution in [0.4, 0.5) is 11.4 Å². The first-order valence-electron chi connectivity index (χ1n) is 14.3. The van der Waals surface area contributed by atoms with Crippen molar-refractivity contribution in [2.24, 2.45) is 5.41 Å². The molecule has 0 saturated carbocycles. The third-order valence-electron chi connectivity index (χ3n) is 8.89. The quantitative estimate of drug-likeness (QED) is 0.352. The van der Waals surface area contributed by atoms with Crippen molar-refractivity contribution in [1.29, 1.82) is 0 Å². The average Bonchev–Trinajstić information content (AvgIpc) is 2.87. The molecule has 2 aliphatic heterocycles. The molecule has 1 atom stereocenters. The Balaban J connectivity index is 1.61. The van der Waals surface area contributed by atoms with E-state index in [0.717, 1.165) is 44.7 Å². The van der Waals surface area contributed by atoms with Gasteiger partial charge in [-0.25, -0.2) is 0 Å². The molecule has 4 heteroatoms. The maximum absolute atomic E-state index is 5.90. The molecule has 0 radical (unpaired) electrons. The summed E-state index contributed by atoms with van der Waals surface area (Å²) in [4.78, 5) is 10.5. The molecule has 4 nitrogen and oxygen atoms in total. The molecule has 5 rings (SSSR count). The predicted molar refractivity (Wildman–Crippen MR) is 161 cm³/mol. The van der Waals surface area contributed by atoms with Gasteiger partial charge in [0.2, 0.25) is 0 Å². The van der Waals surface area contributed by atoms with Crippen molar-refractivity contribution in [3.8, 4) is 11.3 Å². The van der Waals surface area contributed by atoms with Crippen LogP contribution in [0.2, 0.25) is 0 Å². The number of pyridine rings is 1. The zero-order valence-electron chi connectivity index (χ0n) is 24.7. The molecule has 0 spiro atoms. The number of fused-ring (bicyclic) bond motifs is 1. The molecule has 1 saturated heterocycles. The summed E-state index contributed by atoms with van der Waals surface area (Å²) in [5.41, 5.74) is 13.2. The van der Waals surface area contributed by atoms with Gasteiger partial charge in [0.05, 0.1) is 11.8 Å². The molecule has 0 bridgehead atoms. The number of aryl methyl sites for hydroxylation is 3. The summed E-state index contributed by atoms with van der Waals surface area (Å²) in [5, 5.41) is 0. The van der Waals surface area contributed by atoms with Gasteiger partial charge in [-0.3, -0.25) is 4.98 Å². The number of benzene rings is 2. The number of nitrogens with zero attached hydrogens (tertiary/aromatic N) is 3. The van der Waals surface area contributed by atoms with Crippen molar-refractivity contribution in [2.45, 2.75) is 79.9 Å². The van der Waals surface area contributed by atoms with E-state index in [2.05, 4.69) is 101 Å². The number of anilines is 2. The molecule has 3 aromatic rings. The van der Waals surface area contributed by atoms with E-state index >= 15 is 0 Å². The van der Waals surface area contributed by atoms with Gasteiger partial charge in [0.25, 0.3) is 0 Å². The molecule has 0 N–H and O–H groups in total. The highest BCUT2D eigenvalue weighted by Gasteiger charge is 2.37. The summed E-state index contributed by atoms with van der Waals surface area (Å²) in [6.07, 6.45) is 2.29. The zero-order valence-corrected chi connectivity index (χ0v) is 24.7. The first kappa shape index (κ1) is 26.7. The average molecular weight is 512 g/mol. The number of piperidine rings is 1. The number of rotatable bonds is 5. The van der Waals surface area contributed by atoms with Crippen LogP contribution in [-0.2, 0) is 17.7 Å². The molecule has 3 heterocycles. The van der Waals surface area contributed by atoms with Gasteiger partial charge in [0.1, 0.15) is 0 Å². The fraction of sp³-hybridized carbons (Fsp3) is 0.500. The van der Waals surface area contributed by atoms with Crippen LogP contribution in [0.1, 0.15) is 73.5 Å². The van der Waals surface area contributed by atoms with Crippen molar-refractivity contribution in [3.05, 3.63) is 76.0 Å². The van der Waals surface area contributed by atoms with E-state index < -0.39 is 0 Å². The minimum atomic E-state index is 0.0818. The van der Waals surface area contributed by atoms with Gasteiger partial charge >= 0.3 is 0 Å². The Morgan fingerprint density at radius 1 is 0.921 bits per heavy atom. The Bertz CT molecular complexity index is 1310. The molecule has 2 aliphatic rings. The second kappa shape index (κ2) is 10.4. The first-order chi connectivity index (χ1) is 18.1. The van der Waals surface area contributed by atoms with Gasteiger partial charge in [-0.1, -0.05) is 58.0 Å².